The average Bonchev–Trinajstić information content (AvgIpc) is 3.07. The van der Waals surface area contributed by atoms with Crippen molar-refractivity contribution >= 4 is 27.6 Å². The summed E-state index contributed by atoms with van der Waals surface area (Å²) in [5, 5.41) is 5.92. The summed E-state index contributed by atoms with van der Waals surface area (Å²) in [7, 11) is 0. The van der Waals surface area contributed by atoms with Crippen LogP contribution in [-0.4, -0.2) is 28.0 Å². The second-order valence-electron chi connectivity index (χ2n) is 5.48. The molecule has 0 aromatic carbocycles. The molecule has 5 nitrogen and oxygen atoms in total. The summed E-state index contributed by atoms with van der Waals surface area (Å²) >= 11 is 3.44. The Morgan fingerprint density at radius 1 is 1.33 bits per heavy atom. The normalized spacial score (nSPS) is 15.5. The summed E-state index contributed by atoms with van der Waals surface area (Å²) in [6.07, 6.45) is 9.37. The molecule has 1 saturated carbocycles. The third kappa shape index (κ3) is 3.75. The van der Waals surface area contributed by atoms with Crippen LogP contribution in [0.4, 0.5) is 4.79 Å². The van der Waals surface area contributed by atoms with Crippen LogP contribution < -0.4 is 10.6 Å². The zero-order chi connectivity index (χ0) is 14.7. The number of rotatable bonds is 4. The number of aromatic nitrogens is 2. The van der Waals surface area contributed by atoms with Gasteiger partial charge in [0.05, 0.1) is 5.69 Å². The van der Waals surface area contributed by atoms with E-state index in [9.17, 15) is 4.79 Å². The van der Waals surface area contributed by atoms with Gasteiger partial charge in [0.1, 0.15) is 5.65 Å². The minimum atomic E-state index is -0.0617. The van der Waals surface area contributed by atoms with Crippen LogP contribution in [0.25, 0.3) is 5.65 Å². The molecule has 2 aromatic heterocycles. The van der Waals surface area contributed by atoms with Crippen molar-refractivity contribution < 1.29 is 4.79 Å². The topological polar surface area (TPSA) is 58.4 Å². The fraction of sp³-hybridized carbons (Fsp3) is 0.467. The number of fused-ring (bicyclic) bond motifs is 1. The summed E-state index contributed by atoms with van der Waals surface area (Å²) in [5.41, 5.74) is 1.90. The molecule has 1 aliphatic rings. The van der Waals surface area contributed by atoms with Crippen molar-refractivity contribution in [3.05, 3.63) is 34.7 Å². The van der Waals surface area contributed by atoms with Crippen molar-refractivity contribution in [2.45, 2.75) is 38.1 Å². The lowest BCUT2D eigenvalue weighted by atomic mass is 10.2. The third-order valence-electron chi connectivity index (χ3n) is 3.82. The van der Waals surface area contributed by atoms with E-state index in [2.05, 4.69) is 31.5 Å². The van der Waals surface area contributed by atoms with Crippen molar-refractivity contribution in [2.75, 3.05) is 6.54 Å². The Labute approximate surface area is 132 Å². The molecule has 0 spiro atoms. The van der Waals surface area contributed by atoms with Gasteiger partial charge in [-0.15, -0.1) is 0 Å². The molecule has 21 heavy (non-hydrogen) atoms. The molecule has 3 rings (SSSR count). The molecule has 0 radical (unpaired) electrons. The highest BCUT2D eigenvalue weighted by molar-refractivity contribution is 9.10. The molecule has 2 N–H and O–H groups in total. The number of nitrogens with one attached hydrogen (secondary N) is 2. The first-order valence-corrected chi connectivity index (χ1v) is 8.17. The first-order chi connectivity index (χ1) is 10.2. The molecule has 2 aromatic rings. The van der Waals surface area contributed by atoms with Gasteiger partial charge in [0.15, 0.2) is 0 Å². The molecule has 0 bridgehead atoms. The summed E-state index contributed by atoms with van der Waals surface area (Å²) < 4.78 is 3.01. The Kier molecular flexibility index (Phi) is 4.43. The maximum absolute atomic E-state index is 11.8. The van der Waals surface area contributed by atoms with Gasteiger partial charge >= 0.3 is 6.03 Å². The zero-order valence-corrected chi connectivity index (χ0v) is 13.4. The maximum atomic E-state index is 11.8. The van der Waals surface area contributed by atoms with Crippen molar-refractivity contribution in [3.63, 3.8) is 0 Å². The van der Waals surface area contributed by atoms with Crippen LogP contribution >= 0.6 is 15.9 Å². The van der Waals surface area contributed by atoms with E-state index in [0.29, 0.717) is 12.6 Å². The van der Waals surface area contributed by atoms with Gasteiger partial charge in [-0.25, -0.2) is 9.78 Å². The highest BCUT2D eigenvalue weighted by atomic mass is 79.9. The van der Waals surface area contributed by atoms with E-state index in [4.69, 9.17) is 0 Å². The number of carbonyl (C=O) groups excluding carboxylic acids is 1. The van der Waals surface area contributed by atoms with Crippen LogP contribution in [0.1, 0.15) is 31.4 Å². The number of hydrogen-bond acceptors (Lipinski definition) is 2. The molecule has 0 unspecified atom stereocenters. The van der Waals surface area contributed by atoms with Gasteiger partial charge in [0.2, 0.25) is 0 Å². The lowest BCUT2D eigenvalue weighted by Gasteiger charge is -2.12. The molecular weight excluding hydrogens is 332 g/mol. The van der Waals surface area contributed by atoms with Crippen LogP contribution in [0.5, 0.6) is 0 Å². The monoisotopic (exact) mass is 350 g/mol. The Hall–Kier alpha value is -1.56. The fourth-order valence-corrected chi connectivity index (χ4v) is 3.10. The Balaban J connectivity index is 1.48. The predicted molar refractivity (Wildman–Crippen MR) is 85.4 cm³/mol. The fourth-order valence-electron chi connectivity index (χ4n) is 2.75. The van der Waals surface area contributed by atoms with Gasteiger partial charge in [-0.05, 0) is 40.9 Å². The van der Waals surface area contributed by atoms with Crippen LogP contribution in [-0.2, 0) is 6.42 Å². The number of halogens is 1. The zero-order valence-electron chi connectivity index (χ0n) is 11.8. The van der Waals surface area contributed by atoms with Crippen LogP contribution in [0.15, 0.2) is 29.0 Å². The Bertz CT molecular complexity index is 634. The summed E-state index contributed by atoms with van der Waals surface area (Å²) in [6, 6.07) is 4.23. The molecule has 0 saturated heterocycles. The lowest BCUT2D eigenvalue weighted by molar-refractivity contribution is 0.237. The van der Waals surface area contributed by atoms with Crippen molar-refractivity contribution in [3.8, 4) is 0 Å². The maximum Gasteiger partial charge on any atom is 0.315 e. The molecule has 0 atom stereocenters. The van der Waals surface area contributed by atoms with Gasteiger partial charge in [0.25, 0.3) is 0 Å². The second kappa shape index (κ2) is 6.47. The molecule has 112 valence electrons. The van der Waals surface area contributed by atoms with Crippen molar-refractivity contribution in [2.24, 2.45) is 0 Å². The number of carbonyl (C=O) groups is 1. The van der Waals surface area contributed by atoms with Crippen LogP contribution in [0, 0.1) is 0 Å². The largest absolute Gasteiger partial charge is 0.338 e. The Morgan fingerprint density at radius 3 is 2.95 bits per heavy atom. The van der Waals surface area contributed by atoms with E-state index in [0.717, 1.165) is 35.1 Å². The summed E-state index contributed by atoms with van der Waals surface area (Å²) in [4.78, 5) is 16.3. The van der Waals surface area contributed by atoms with Crippen molar-refractivity contribution in [1.82, 2.24) is 20.0 Å². The minimum absolute atomic E-state index is 0.0617. The standard InChI is InChI=1S/C15H19BrN4O/c16-11-5-6-14-18-13(10-20(14)9-11)7-8-17-15(21)19-12-3-1-2-4-12/h5-6,9-10,12H,1-4,7-8H2,(H2,17,19,21). The molecule has 2 amide bonds. The number of hydrogen-bond donors (Lipinski definition) is 2. The van der Waals surface area contributed by atoms with E-state index in [1.165, 1.54) is 12.8 Å². The molecule has 0 aliphatic heterocycles. The first kappa shape index (κ1) is 14.4. The number of urea groups is 1. The van der Waals surface area contributed by atoms with Gasteiger partial charge in [0, 0.05) is 35.9 Å². The second-order valence-corrected chi connectivity index (χ2v) is 6.39. The van der Waals surface area contributed by atoms with E-state index in [1.807, 2.05) is 28.9 Å². The predicted octanol–water partition coefficient (Wildman–Crippen LogP) is 2.88. The highest BCUT2D eigenvalue weighted by Crippen LogP contribution is 2.17. The lowest BCUT2D eigenvalue weighted by Crippen LogP contribution is -2.41. The summed E-state index contributed by atoms with van der Waals surface area (Å²) in [5.74, 6) is 0. The van der Waals surface area contributed by atoms with Crippen LogP contribution in [0.2, 0.25) is 0 Å². The van der Waals surface area contributed by atoms with E-state index in [1.54, 1.807) is 0 Å². The minimum Gasteiger partial charge on any atom is -0.338 e. The van der Waals surface area contributed by atoms with Gasteiger partial charge < -0.3 is 15.0 Å². The van der Waals surface area contributed by atoms with E-state index < -0.39 is 0 Å². The molecule has 1 aliphatic carbocycles. The number of amides is 2. The third-order valence-corrected chi connectivity index (χ3v) is 4.29. The number of nitrogens with zero attached hydrogens (tertiary/aromatic N) is 2. The van der Waals surface area contributed by atoms with E-state index >= 15 is 0 Å². The molecule has 1 fully saturated rings. The molecule has 6 heteroatoms. The number of imidazole rings is 1. The quantitative estimate of drug-likeness (QED) is 0.890. The average molecular weight is 351 g/mol. The van der Waals surface area contributed by atoms with Crippen LogP contribution in [0.3, 0.4) is 0 Å². The molecular formula is C15H19BrN4O. The van der Waals surface area contributed by atoms with Gasteiger partial charge in [-0.3, -0.25) is 0 Å². The van der Waals surface area contributed by atoms with E-state index in [-0.39, 0.29) is 6.03 Å². The smallest absolute Gasteiger partial charge is 0.315 e. The molecule has 2 heterocycles. The van der Waals surface area contributed by atoms with Crippen molar-refractivity contribution in [1.29, 1.82) is 0 Å². The highest BCUT2D eigenvalue weighted by Gasteiger charge is 2.16. The SMILES string of the molecule is O=C(NCCc1cn2cc(Br)ccc2n1)NC1CCCC1. The Morgan fingerprint density at radius 2 is 2.14 bits per heavy atom. The number of pyridine rings is 1. The first-order valence-electron chi connectivity index (χ1n) is 7.38. The van der Waals surface area contributed by atoms with Gasteiger partial charge in [-0.2, -0.15) is 0 Å². The summed E-state index contributed by atoms with van der Waals surface area (Å²) in [6.45, 7) is 0.601. The van der Waals surface area contributed by atoms with Gasteiger partial charge in [-0.1, -0.05) is 12.8 Å².